The van der Waals surface area contributed by atoms with E-state index in [1.54, 1.807) is 4.31 Å². The van der Waals surface area contributed by atoms with E-state index < -0.39 is 10.0 Å². The minimum absolute atomic E-state index is 0.246. The van der Waals surface area contributed by atoms with Crippen molar-refractivity contribution in [1.29, 1.82) is 0 Å². The monoisotopic (exact) mass is 275 g/mol. The Hall–Kier alpha value is -0.170. The number of nitrogens with one attached hydrogen (secondary N) is 1. The lowest BCUT2D eigenvalue weighted by atomic mass is 10.1. The van der Waals surface area contributed by atoms with E-state index in [1.807, 2.05) is 0 Å². The molecule has 1 saturated heterocycles. The number of rotatable bonds is 6. The molecule has 0 aromatic heterocycles. The number of hydrogen-bond acceptors (Lipinski definition) is 4. The second-order valence-corrected chi connectivity index (χ2v) is 7.73. The van der Waals surface area contributed by atoms with Gasteiger partial charge in [0, 0.05) is 31.7 Å². The van der Waals surface area contributed by atoms with Crippen molar-refractivity contribution in [2.75, 3.05) is 39.5 Å². The third-order valence-electron chi connectivity index (χ3n) is 3.92. The molecule has 0 spiro atoms. The first kappa shape index (κ1) is 14.2. The maximum absolute atomic E-state index is 12.1. The minimum Gasteiger partial charge on any atom is -0.313 e. The zero-order valence-corrected chi connectivity index (χ0v) is 12.2. The summed E-state index contributed by atoms with van der Waals surface area (Å²) >= 11 is 0. The highest BCUT2D eigenvalue weighted by molar-refractivity contribution is 7.89. The van der Waals surface area contributed by atoms with E-state index in [1.165, 1.54) is 12.8 Å². The molecule has 0 bridgehead atoms. The number of nitrogens with zero attached hydrogens (tertiary/aromatic N) is 2. The van der Waals surface area contributed by atoms with Crippen molar-refractivity contribution in [3.63, 3.8) is 0 Å². The van der Waals surface area contributed by atoms with Gasteiger partial charge in [0.2, 0.25) is 10.0 Å². The average Bonchev–Trinajstić information content (AvgIpc) is 3.13. The van der Waals surface area contributed by atoms with Crippen LogP contribution < -0.4 is 5.32 Å². The highest BCUT2D eigenvalue weighted by Crippen LogP contribution is 2.19. The maximum Gasteiger partial charge on any atom is 0.215 e. The van der Waals surface area contributed by atoms with Crippen LogP contribution >= 0.6 is 0 Å². The molecule has 2 aliphatic rings. The number of sulfonamides is 1. The summed E-state index contributed by atoms with van der Waals surface area (Å²) in [5.74, 6) is 0.246. The van der Waals surface area contributed by atoms with Crippen LogP contribution in [-0.2, 0) is 10.0 Å². The standard InChI is InChI=1S/C12H25N3O2S/c1-14(2)12-5-8-15(9-6-12)18(16,17)10-7-13-11-3-4-11/h11-13H,3-10H2,1-2H3. The molecule has 106 valence electrons. The fourth-order valence-corrected chi connectivity index (χ4v) is 3.85. The summed E-state index contributed by atoms with van der Waals surface area (Å²) in [6, 6.07) is 1.11. The van der Waals surface area contributed by atoms with Crippen LogP contribution in [0.3, 0.4) is 0 Å². The summed E-state index contributed by atoms with van der Waals surface area (Å²) in [7, 11) is 1.08. The van der Waals surface area contributed by atoms with Crippen LogP contribution in [0.4, 0.5) is 0 Å². The van der Waals surface area contributed by atoms with Gasteiger partial charge in [-0.3, -0.25) is 0 Å². The summed E-state index contributed by atoms with van der Waals surface area (Å²) in [5, 5.41) is 3.26. The van der Waals surface area contributed by atoms with Gasteiger partial charge < -0.3 is 10.2 Å². The van der Waals surface area contributed by atoms with E-state index in [2.05, 4.69) is 24.3 Å². The molecular formula is C12H25N3O2S. The highest BCUT2D eigenvalue weighted by atomic mass is 32.2. The molecule has 2 rings (SSSR count). The van der Waals surface area contributed by atoms with Crippen molar-refractivity contribution in [3.8, 4) is 0 Å². The van der Waals surface area contributed by atoms with Gasteiger partial charge in [-0.15, -0.1) is 0 Å². The van der Waals surface area contributed by atoms with Crippen LogP contribution in [0.15, 0.2) is 0 Å². The fraction of sp³-hybridized carbons (Fsp3) is 1.00. The molecule has 0 radical (unpaired) electrons. The molecule has 1 aliphatic heterocycles. The van der Waals surface area contributed by atoms with Gasteiger partial charge in [-0.25, -0.2) is 12.7 Å². The van der Waals surface area contributed by atoms with Crippen molar-refractivity contribution >= 4 is 10.0 Å². The Kier molecular flexibility index (Phi) is 4.64. The lowest BCUT2D eigenvalue weighted by Crippen LogP contribution is -2.46. The summed E-state index contributed by atoms with van der Waals surface area (Å²) in [5.41, 5.74) is 0. The lowest BCUT2D eigenvalue weighted by molar-refractivity contribution is 0.196. The highest BCUT2D eigenvalue weighted by Gasteiger charge is 2.29. The Morgan fingerprint density at radius 3 is 2.28 bits per heavy atom. The molecule has 2 fully saturated rings. The van der Waals surface area contributed by atoms with Gasteiger partial charge >= 0.3 is 0 Å². The predicted octanol–water partition coefficient (Wildman–Crippen LogP) is 0.0942. The van der Waals surface area contributed by atoms with Gasteiger partial charge in [0.1, 0.15) is 0 Å². The van der Waals surface area contributed by atoms with Crippen LogP contribution in [0.1, 0.15) is 25.7 Å². The zero-order valence-electron chi connectivity index (χ0n) is 11.4. The molecular weight excluding hydrogens is 250 g/mol. The van der Waals surface area contributed by atoms with Gasteiger partial charge in [0.15, 0.2) is 0 Å². The Balaban J connectivity index is 1.75. The van der Waals surface area contributed by atoms with Gasteiger partial charge in [0.25, 0.3) is 0 Å². The van der Waals surface area contributed by atoms with E-state index in [0.717, 1.165) is 12.8 Å². The SMILES string of the molecule is CN(C)C1CCN(S(=O)(=O)CCNC2CC2)CC1. The van der Waals surface area contributed by atoms with Crippen LogP contribution in [-0.4, -0.2) is 69.2 Å². The van der Waals surface area contributed by atoms with Crippen molar-refractivity contribution in [2.45, 2.75) is 37.8 Å². The summed E-state index contributed by atoms with van der Waals surface area (Å²) < 4.78 is 25.9. The van der Waals surface area contributed by atoms with Crippen LogP contribution in [0.25, 0.3) is 0 Å². The summed E-state index contributed by atoms with van der Waals surface area (Å²) in [6.07, 6.45) is 4.30. The number of piperidine rings is 1. The van der Waals surface area contributed by atoms with Gasteiger partial charge in [-0.1, -0.05) is 0 Å². The van der Waals surface area contributed by atoms with Crippen molar-refractivity contribution in [3.05, 3.63) is 0 Å². The van der Waals surface area contributed by atoms with Crippen molar-refractivity contribution in [1.82, 2.24) is 14.5 Å². The average molecular weight is 275 g/mol. The van der Waals surface area contributed by atoms with Crippen molar-refractivity contribution < 1.29 is 8.42 Å². The number of hydrogen-bond donors (Lipinski definition) is 1. The molecule has 1 saturated carbocycles. The molecule has 0 unspecified atom stereocenters. The summed E-state index contributed by atoms with van der Waals surface area (Å²) in [6.45, 7) is 1.95. The molecule has 1 N–H and O–H groups in total. The van der Waals surface area contributed by atoms with E-state index in [-0.39, 0.29) is 5.75 Å². The molecule has 0 atom stereocenters. The fourth-order valence-electron chi connectivity index (χ4n) is 2.45. The third-order valence-corrected chi connectivity index (χ3v) is 5.79. The second kappa shape index (κ2) is 5.86. The molecule has 0 amide bonds. The third kappa shape index (κ3) is 3.91. The molecule has 0 aromatic rings. The van der Waals surface area contributed by atoms with E-state index in [0.29, 0.717) is 31.7 Å². The van der Waals surface area contributed by atoms with Gasteiger partial charge in [-0.05, 0) is 39.8 Å². The Morgan fingerprint density at radius 1 is 1.17 bits per heavy atom. The first-order valence-electron chi connectivity index (χ1n) is 6.86. The first-order valence-corrected chi connectivity index (χ1v) is 8.47. The minimum atomic E-state index is -3.05. The normalized spacial score (nSPS) is 23.7. The van der Waals surface area contributed by atoms with E-state index >= 15 is 0 Å². The molecule has 5 nitrogen and oxygen atoms in total. The molecule has 18 heavy (non-hydrogen) atoms. The topological polar surface area (TPSA) is 52.7 Å². The first-order chi connectivity index (χ1) is 8.49. The molecule has 1 heterocycles. The smallest absolute Gasteiger partial charge is 0.215 e. The summed E-state index contributed by atoms with van der Waals surface area (Å²) in [4.78, 5) is 2.19. The Bertz CT molecular complexity index is 358. The Morgan fingerprint density at radius 2 is 1.78 bits per heavy atom. The van der Waals surface area contributed by atoms with Gasteiger partial charge in [0.05, 0.1) is 5.75 Å². The van der Waals surface area contributed by atoms with E-state index in [9.17, 15) is 8.42 Å². The Labute approximate surface area is 111 Å². The maximum atomic E-state index is 12.1. The van der Waals surface area contributed by atoms with Crippen LogP contribution in [0.2, 0.25) is 0 Å². The predicted molar refractivity (Wildman–Crippen MR) is 73.1 cm³/mol. The largest absolute Gasteiger partial charge is 0.313 e. The van der Waals surface area contributed by atoms with Gasteiger partial charge in [-0.2, -0.15) is 0 Å². The molecule has 1 aliphatic carbocycles. The second-order valence-electron chi connectivity index (χ2n) is 5.64. The molecule has 6 heteroatoms. The van der Waals surface area contributed by atoms with E-state index in [4.69, 9.17) is 0 Å². The van der Waals surface area contributed by atoms with Crippen LogP contribution in [0.5, 0.6) is 0 Å². The van der Waals surface area contributed by atoms with Crippen molar-refractivity contribution in [2.24, 2.45) is 0 Å². The molecule has 0 aromatic carbocycles. The zero-order chi connectivity index (χ0) is 13.2. The lowest BCUT2D eigenvalue weighted by Gasteiger charge is -2.34. The van der Waals surface area contributed by atoms with Crippen LogP contribution in [0, 0.1) is 0 Å². The quantitative estimate of drug-likeness (QED) is 0.747.